The number of fused-ring (bicyclic) bond motifs is 7. The highest BCUT2D eigenvalue weighted by atomic mass is 16.3. The number of hydrogen-bond acceptors (Lipinski definition) is 4. The molecule has 0 unspecified atom stereocenters. The number of benzene rings is 5. The van der Waals surface area contributed by atoms with Crippen molar-refractivity contribution in [3.05, 3.63) is 170 Å². The largest absolute Gasteiger partial charge is 0.437 e. The van der Waals surface area contributed by atoms with E-state index < -0.39 is 0 Å². The van der Waals surface area contributed by atoms with Gasteiger partial charge < -0.3 is 4.42 Å². The number of furan rings is 1. The van der Waals surface area contributed by atoms with Crippen LogP contribution in [0, 0.1) is 0 Å². The van der Waals surface area contributed by atoms with Gasteiger partial charge in [-0.05, 0) is 59.7 Å². The highest BCUT2D eigenvalue weighted by Gasteiger charge is 2.24. The molecule has 0 aliphatic rings. The monoisotopic (exact) mass is 640 g/mol. The van der Waals surface area contributed by atoms with Crippen LogP contribution < -0.4 is 0 Å². The molecule has 10 aromatic rings. The van der Waals surface area contributed by atoms with Crippen molar-refractivity contribution < 1.29 is 4.42 Å². The zero-order valence-electron chi connectivity index (χ0n) is 26.9. The van der Waals surface area contributed by atoms with Crippen molar-refractivity contribution in [2.45, 2.75) is 0 Å². The quantitative estimate of drug-likeness (QED) is 0.188. The van der Waals surface area contributed by atoms with Gasteiger partial charge in [-0.15, -0.1) is 0 Å². The van der Waals surface area contributed by atoms with Crippen LogP contribution >= 0.6 is 0 Å². The van der Waals surface area contributed by atoms with Gasteiger partial charge in [0.25, 0.3) is 0 Å². The summed E-state index contributed by atoms with van der Waals surface area (Å²) in [5.74, 6) is 0. The van der Waals surface area contributed by atoms with Crippen LogP contribution in [0.3, 0.4) is 0 Å². The van der Waals surface area contributed by atoms with Gasteiger partial charge in [-0.1, -0.05) is 115 Å². The third-order valence-corrected chi connectivity index (χ3v) is 9.46. The van der Waals surface area contributed by atoms with Crippen molar-refractivity contribution in [3.63, 3.8) is 0 Å². The summed E-state index contributed by atoms with van der Waals surface area (Å²) in [6.07, 6.45) is 1.81. The minimum atomic E-state index is 0.795. The minimum Gasteiger partial charge on any atom is -0.437 e. The maximum atomic E-state index is 6.95. The summed E-state index contributed by atoms with van der Waals surface area (Å²) >= 11 is 0. The molecule has 50 heavy (non-hydrogen) atoms. The Hall–Kier alpha value is -6.85. The SMILES string of the molecule is c1ccc(-c2cc(-c3ccc(-n4c5ccccc5c5c6c(oc54)c(-c4ccccc4)nc4ccccc46)cc3)cc(-c3ccccn3)n2)cc1. The molecule has 0 amide bonds. The molecule has 0 radical (unpaired) electrons. The van der Waals surface area contributed by atoms with E-state index in [1.807, 2.05) is 66.9 Å². The lowest BCUT2D eigenvalue weighted by molar-refractivity contribution is 0.645. The third kappa shape index (κ3) is 4.52. The molecule has 0 N–H and O–H groups in total. The smallest absolute Gasteiger partial charge is 0.213 e. The van der Waals surface area contributed by atoms with Crippen molar-refractivity contribution in [3.8, 4) is 50.7 Å². The van der Waals surface area contributed by atoms with Gasteiger partial charge in [-0.2, -0.15) is 0 Å². The molecular formula is C45H28N4O. The molecule has 10 rings (SSSR count). The molecule has 0 fully saturated rings. The Morgan fingerprint density at radius 3 is 1.92 bits per heavy atom. The van der Waals surface area contributed by atoms with Gasteiger partial charge in [0.05, 0.1) is 33.5 Å². The van der Waals surface area contributed by atoms with Crippen LogP contribution in [0.25, 0.3) is 94.6 Å². The molecular weight excluding hydrogens is 613 g/mol. The zero-order chi connectivity index (χ0) is 33.0. The molecule has 5 nitrogen and oxygen atoms in total. The summed E-state index contributed by atoms with van der Waals surface area (Å²) in [6, 6.07) is 56.4. The highest BCUT2D eigenvalue weighted by Crippen LogP contribution is 2.44. The van der Waals surface area contributed by atoms with Gasteiger partial charge in [0.1, 0.15) is 5.69 Å². The van der Waals surface area contributed by atoms with Gasteiger partial charge in [0.15, 0.2) is 5.58 Å². The summed E-state index contributed by atoms with van der Waals surface area (Å²) < 4.78 is 9.18. The first-order valence-electron chi connectivity index (χ1n) is 16.7. The van der Waals surface area contributed by atoms with E-state index in [9.17, 15) is 0 Å². The first-order valence-corrected chi connectivity index (χ1v) is 16.7. The van der Waals surface area contributed by atoms with E-state index in [1.165, 1.54) is 0 Å². The molecule has 0 aliphatic carbocycles. The number of pyridine rings is 3. The molecule has 5 heteroatoms. The van der Waals surface area contributed by atoms with Crippen LogP contribution in [0.15, 0.2) is 174 Å². The molecule has 5 aromatic heterocycles. The Morgan fingerprint density at radius 2 is 1.14 bits per heavy atom. The Balaban J connectivity index is 1.18. The van der Waals surface area contributed by atoms with E-state index in [-0.39, 0.29) is 0 Å². The average Bonchev–Trinajstić information content (AvgIpc) is 3.74. The standard InChI is InChI=1S/C45H28N4O/c1-3-13-30(14-4-1)38-27-32(28-39(47-38)37-20-11-12-26-46-37)29-22-24-33(25-23-29)49-40-21-10-8-18-35(40)42-41-34-17-7-9-19-36(34)48-43(44(41)50-45(42)49)31-15-5-2-6-16-31/h1-28H. The third-order valence-electron chi connectivity index (χ3n) is 9.46. The van der Waals surface area contributed by atoms with Crippen LogP contribution in [-0.4, -0.2) is 19.5 Å². The van der Waals surface area contributed by atoms with E-state index in [2.05, 4.69) is 113 Å². The molecule has 0 spiro atoms. The number of aromatic nitrogens is 4. The summed E-state index contributed by atoms with van der Waals surface area (Å²) in [4.78, 5) is 14.7. The van der Waals surface area contributed by atoms with Gasteiger partial charge in [0, 0.05) is 39.2 Å². The molecule has 0 saturated heterocycles. The van der Waals surface area contributed by atoms with Crippen molar-refractivity contribution in [2.75, 3.05) is 0 Å². The first kappa shape index (κ1) is 28.2. The van der Waals surface area contributed by atoms with E-state index in [4.69, 9.17) is 14.4 Å². The lowest BCUT2D eigenvalue weighted by atomic mass is 10.0. The van der Waals surface area contributed by atoms with Gasteiger partial charge >= 0.3 is 0 Å². The number of rotatable bonds is 5. The van der Waals surface area contributed by atoms with E-state index >= 15 is 0 Å². The summed E-state index contributed by atoms with van der Waals surface area (Å²) in [6.45, 7) is 0. The molecule has 0 bridgehead atoms. The number of para-hydroxylation sites is 2. The molecule has 0 atom stereocenters. The Labute approximate surface area is 287 Å². The minimum absolute atomic E-state index is 0.795. The maximum absolute atomic E-state index is 6.95. The van der Waals surface area contributed by atoms with Gasteiger partial charge in [-0.3, -0.25) is 9.55 Å². The van der Waals surface area contributed by atoms with Crippen LogP contribution in [0.1, 0.15) is 0 Å². The van der Waals surface area contributed by atoms with Crippen LogP contribution in [-0.2, 0) is 0 Å². The van der Waals surface area contributed by atoms with E-state index in [0.29, 0.717) is 0 Å². The molecule has 5 heterocycles. The van der Waals surface area contributed by atoms with E-state index in [0.717, 1.165) is 94.6 Å². The predicted octanol–water partition coefficient (Wildman–Crippen LogP) is 11.5. The normalized spacial score (nSPS) is 11.6. The topological polar surface area (TPSA) is 56.7 Å². The predicted molar refractivity (Wildman–Crippen MR) is 203 cm³/mol. The summed E-state index contributed by atoms with van der Waals surface area (Å²) in [5, 5.41) is 4.40. The van der Waals surface area contributed by atoms with Crippen molar-refractivity contribution in [1.29, 1.82) is 0 Å². The molecule has 0 aliphatic heterocycles. The Bertz CT molecular complexity index is 2780. The molecule has 5 aromatic carbocycles. The van der Waals surface area contributed by atoms with Gasteiger partial charge in [0.2, 0.25) is 5.71 Å². The van der Waals surface area contributed by atoms with Crippen molar-refractivity contribution in [2.24, 2.45) is 0 Å². The number of nitrogens with zero attached hydrogens (tertiary/aromatic N) is 4. The summed E-state index contributed by atoms with van der Waals surface area (Å²) in [7, 11) is 0. The van der Waals surface area contributed by atoms with E-state index in [1.54, 1.807) is 0 Å². The lowest BCUT2D eigenvalue weighted by Gasteiger charge is -2.11. The first-order chi connectivity index (χ1) is 24.8. The second-order valence-electron chi connectivity index (χ2n) is 12.4. The van der Waals surface area contributed by atoms with Crippen molar-refractivity contribution in [1.82, 2.24) is 19.5 Å². The zero-order valence-corrected chi connectivity index (χ0v) is 26.9. The van der Waals surface area contributed by atoms with Crippen molar-refractivity contribution >= 4 is 43.9 Å². The molecule has 0 saturated carbocycles. The Morgan fingerprint density at radius 1 is 0.460 bits per heavy atom. The van der Waals surface area contributed by atoms with Crippen LogP contribution in [0.4, 0.5) is 0 Å². The fourth-order valence-electron chi connectivity index (χ4n) is 7.14. The molecule has 234 valence electrons. The Kier molecular flexibility index (Phi) is 6.42. The van der Waals surface area contributed by atoms with Crippen LogP contribution in [0.5, 0.6) is 0 Å². The fourth-order valence-corrected chi connectivity index (χ4v) is 7.14. The average molecular weight is 641 g/mol. The second-order valence-corrected chi connectivity index (χ2v) is 12.4. The number of hydrogen-bond donors (Lipinski definition) is 0. The highest BCUT2D eigenvalue weighted by molar-refractivity contribution is 6.28. The maximum Gasteiger partial charge on any atom is 0.213 e. The lowest BCUT2D eigenvalue weighted by Crippen LogP contribution is -1.94. The summed E-state index contributed by atoms with van der Waals surface area (Å²) in [5.41, 5.74) is 12.3. The van der Waals surface area contributed by atoms with Gasteiger partial charge in [-0.25, -0.2) is 9.97 Å². The van der Waals surface area contributed by atoms with Crippen LogP contribution in [0.2, 0.25) is 0 Å². The fraction of sp³-hybridized carbons (Fsp3) is 0. The second kappa shape index (κ2) is 11.4.